The van der Waals surface area contributed by atoms with Crippen molar-refractivity contribution in [2.45, 2.75) is 13.0 Å². The van der Waals surface area contributed by atoms with Gasteiger partial charge in [0.15, 0.2) is 11.6 Å². The van der Waals surface area contributed by atoms with Gasteiger partial charge in [0.25, 0.3) is 0 Å². The van der Waals surface area contributed by atoms with Gasteiger partial charge >= 0.3 is 0 Å². The molecule has 1 N–H and O–H groups in total. The molecule has 19 heavy (non-hydrogen) atoms. The second-order valence-corrected chi connectivity index (χ2v) is 5.71. The summed E-state index contributed by atoms with van der Waals surface area (Å²) in [6.45, 7) is 2.44. The topological polar surface area (TPSA) is 12.0 Å². The lowest BCUT2D eigenvalue weighted by Gasteiger charge is -2.18. The van der Waals surface area contributed by atoms with E-state index in [-0.39, 0.29) is 5.56 Å². The molecule has 1 aromatic carbocycles. The highest BCUT2D eigenvalue weighted by Gasteiger charge is 2.22. The highest BCUT2D eigenvalue weighted by atomic mass is 79.9. The van der Waals surface area contributed by atoms with Crippen molar-refractivity contribution < 1.29 is 13.2 Å². The first-order valence-electron chi connectivity index (χ1n) is 5.65. The fourth-order valence-corrected chi connectivity index (χ4v) is 3.51. The lowest BCUT2D eigenvalue weighted by molar-refractivity contribution is 0.481. The van der Waals surface area contributed by atoms with Crippen molar-refractivity contribution >= 4 is 27.3 Å². The number of nitrogens with one attached hydrogen (secondary N) is 1. The number of hydrogen-bond acceptors (Lipinski definition) is 2. The Morgan fingerprint density at radius 3 is 2.47 bits per heavy atom. The molecule has 6 heteroatoms. The Labute approximate surface area is 121 Å². The van der Waals surface area contributed by atoms with Crippen LogP contribution >= 0.6 is 27.3 Å². The van der Waals surface area contributed by atoms with Crippen LogP contribution in [-0.2, 0) is 0 Å². The third kappa shape index (κ3) is 3.01. The molecule has 2 rings (SSSR count). The lowest BCUT2D eigenvalue weighted by atomic mass is 10.0. The molecule has 0 aliphatic heterocycles. The number of hydrogen-bond donors (Lipinski definition) is 1. The molecule has 0 amide bonds. The fourth-order valence-electron chi connectivity index (χ4n) is 1.82. The minimum absolute atomic E-state index is 0.101. The highest BCUT2D eigenvalue weighted by molar-refractivity contribution is 9.10. The molecule has 1 atom stereocenters. The molecule has 0 aliphatic rings. The molecule has 1 aromatic heterocycles. The van der Waals surface area contributed by atoms with E-state index in [1.165, 1.54) is 11.3 Å². The fraction of sp³-hybridized carbons (Fsp3) is 0.231. The number of thiophene rings is 1. The summed E-state index contributed by atoms with van der Waals surface area (Å²) in [5.41, 5.74) is 0.101. The zero-order valence-corrected chi connectivity index (χ0v) is 12.4. The number of halogens is 4. The number of rotatable bonds is 4. The maximum Gasteiger partial charge on any atom is 0.161 e. The van der Waals surface area contributed by atoms with E-state index in [9.17, 15) is 13.2 Å². The molecule has 0 saturated heterocycles. The molecule has 1 heterocycles. The van der Waals surface area contributed by atoms with Crippen molar-refractivity contribution in [2.75, 3.05) is 6.54 Å². The monoisotopic (exact) mass is 349 g/mol. The highest BCUT2D eigenvalue weighted by Crippen LogP contribution is 2.34. The molecule has 1 nitrogen and oxygen atoms in total. The first-order chi connectivity index (χ1) is 9.04. The van der Waals surface area contributed by atoms with Gasteiger partial charge in [-0.1, -0.05) is 6.92 Å². The molecule has 0 spiro atoms. The number of benzene rings is 1. The van der Waals surface area contributed by atoms with Crippen LogP contribution in [0.15, 0.2) is 28.1 Å². The van der Waals surface area contributed by atoms with Crippen LogP contribution in [0.1, 0.15) is 23.4 Å². The van der Waals surface area contributed by atoms with Crippen LogP contribution < -0.4 is 5.32 Å². The Morgan fingerprint density at radius 2 is 1.89 bits per heavy atom. The van der Waals surface area contributed by atoms with E-state index >= 15 is 0 Å². The van der Waals surface area contributed by atoms with Crippen LogP contribution in [0.2, 0.25) is 0 Å². The molecular formula is C13H11BrF3NS. The van der Waals surface area contributed by atoms with Gasteiger partial charge in [-0.25, -0.2) is 13.2 Å². The van der Waals surface area contributed by atoms with E-state index in [2.05, 4.69) is 21.2 Å². The van der Waals surface area contributed by atoms with Crippen molar-refractivity contribution in [3.8, 4) is 0 Å². The zero-order valence-electron chi connectivity index (χ0n) is 10.0. The molecule has 0 saturated carbocycles. The van der Waals surface area contributed by atoms with Crippen LogP contribution in [-0.4, -0.2) is 6.54 Å². The largest absolute Gasteiger partial charge is 0.306 e. The first-order valence-corrected chi connectivity index (χ1v) is 7.32. The summed E-state index contributed by atoms with van der Waals surface area (Å²) in [6.07, 6.45) is 0. The van der Waals surface area contributed by atoms with Gasteiger partial charge in [-0.3, -0.25) is 0 Å². The van der Waals surface area contributed by atoms with E-state index in [0.717, 1.165) is 15.4 Å². The minimum Gasteiger partial charge on any atom is -0.306 e. The van der Waals surface area contributed by atoms with Gasteiger partial charge in [0.2, 0.25) is 0 Å². The lowest BCUT2D eigenvalue weighted by Crippen LogP contribution is -2.22. The Morgan fingerprint density at radius 1 is 1.21 bits per heavy atom. The standard InChI is InChI=1S/C13H11BrF3NS/c1-2-18-12(13-8(14)3-4-19-13)7-5-10(16)11(17)6-9(7)15/h3-6,12,18H,2H2,1H3. The predicted octanol–water partition coefficient (Wildman–Crippen LogP) is 4.63. The molecule has 102 valence electrons. The van der Waals surface area contributed by atoms with E-state index < -0.39 is 23.5 Å². The minimum atomic E-state index is -1.18. The van der Waals surface area contributed by atoms with E-state index in [1.54, 1.807) is 0 Å². The second kappa shape index (κ2) is 6.07. The normalized spacial score (nSPS) is 12.7. The summed E-state index contributed by atoms with van der Waals surface area (Å²) in [4.78, 5) is 0.826. The third-order valence-electron chi connectivity index (χ3n) is 2.67. The van der Waals surface area contributed by atoms with E-state index in [0.29, 0.717) is 12.6 Å². The molecule has 2 aromatic rings. The summed E-state index contributed by atoms with van der Waals surface area (Å²) >= 11 is 4.79. The molecular weight excluding hydrogens is 339 g/mol. The van der Waals surface area contributed by atoms with Crippen molar-refractivity contribution in [1.29, 1.82) is 0 Å². The Bertz CT molecular complexity index is 585. The van der Waals surface area contributed by atoms with Crippen LogP contribution in [0.3, 0.4) is 0 Å². The molecule has 0 radical (unpaired) electrons. The quantitative estimate of drug-likeness (QED) is 0.793. The van der Waals surface area contributed by atoms with E-state index in [4.69, 9.17) is 0 Å². The second-order valence-electron chi connectivity index (χ2n) is 3.91. The Hall–Kier alpha value is -0.850. The van der Waals surface area contributed by atoms with Gasteiger partial charge < -0.3 is 5.32 Å². The van der Waals surface area contributed by atoms with Crippen molar-refractivity contribution in [1.82, 2.24) is 5.32 Å². The third-order valence-corrected chi connectivity index (χ3v) is 4.60. The molecule has 0 bridgehead atoms. The van der Waals surface area contributed by atoms with Gasteiger partial charge in [0, 0.05) is 21.0 Å². The van der Waals surface area contributed by atoms with Crippen LogP contribution in [0, 0.1) is 17.5 Å². The van der Waals surface area contributed by atoms with E-state index in [1.807, 2.05) is 18.4 Å². The predicted molar refractivity (Wildman–Crippen MR) is 73.9 cm³/mol. The summed E-state index contributed by atoms with van der Waals surface area (Å²) in [6, 6.07) is 2.82. The summed E-state index contributed by atoms with van der Waals surface area (Å²) in [7, 11) is 0. The average molecular weight is 350 g/mol. The SMILES string of the molecule is CCNC(c1cc(F)c(F)cc1F)c1sccc1Br. The maximum atomic E-state index is 13.9. The van der Waals surface area contributed by atoms with Crippen LogP contribution in [0.25, 0.3) is 0 Å². The smallest absolute Gasteiger partial charge is 0.161 e. The first kappa shape index (κ1) is 14.6. The average Bonchev–Trinajstić information content (AvgIpc) is 2.77. The molecule has 1 unspecified atom stereocenters. The maximum absolute atomic E-state index is 13.9. The van der Waals surface area contributed by atoms with Gasteiger partial charge in [-0.15, -0.1) is 11.3 Å². The van der Waals surface area contributed by atoms with Gasteiger partial charge in [-0.2, -0.15) is 0 Å². The van der Waals surface area contributed by atoms with Crippen LogP contribution in [0.5, 0.6) is 0 Å². The Kier molecular flexibility index (Phi) is 4.65. The van der Waals surface area contributed by atoms with Crippen molar-refractivity contribution in [2.24, 2.45) is 0 Å². The summed E-state index contributed by atoms with van der Waals surface area (Å²) in [5.74, 6) is -2.99. The van der Waals surface area contributed by atoms with Gasteiger partial charge in [0.05, 0.1) is 6.04 Å². The summed E-state index contributed by atoms with van der Waals surface area (Å²) < 4.78 is 41.0. The zero-order chi connectivity index (χ0) is 14.0. The molecule has 0 fully saturated rings. The molecule has 0 aliphatic carbocycles. The summed E-state index contributed by atoms with van der Waals surface area (Å²) in [5, 5.41) is 4.93. The van der Waals surface area contributed by atoms with Crippen LogP contribution in [0.4, 0.5) is 13.2 Å². The van der Waals surface area contributed by atoms with Crippen molar-refractivity contribution in [3.05, 3.63) is 55.9 Å². The van der Waals surface area contributed by atoms with Crippen molar-refractivity contribution in [3.63, 3.8) is 0 Å². The van der Waals surface area contributed by atoms with Gasteiger partial charge in [0.1, 0.15) is 5.82 Å². The Balaban J connectivity index is 2.51. The van der Waals surface area contributed by atoms with Gasteiger partial charge in [-0.05, 0) is 40.0 Å².